The highest BCUT2D eigenvalue weighted by Gasteiger charge is 2.02. The lowest BCUT2D eigenvalue weighted by molar-refractivity contribution is 0.392. The van der Waals surface area contributed by atoms with Gasteiger partial charge in [-0.05, 0) is 18.4 Å². The summed E-state index contributed by atoms with van der Waals surface area (Å²) in [5, 5.41) is 3.09. The minimum absolute atomic E-state index is 0.460. The lowest BCUT2D eigenvalue weighted by Crippen LogP contribution is -2.32. The van der Waals surface area contributed by atoms with E-state index in [1.54, 1.807) is 13.3 Å². The van der Waals surface area contributed by atoms with Crippen LogP contribution in [0.25, 0.3) is 0 Å². The molecule has 0 bridgehead atoms. The second kappa shape index (κ2) is 7.53. The van der Waals surface area contributed by atoms with E-state index in [4.69, 9.17) is 10.5 Å². The monoisotopic (exact) mass is 250 g/mol. The lowest BCUT2D eigenvalue weighted by atomic mass is 10.1. The van der Waals surface area contributed by atoms with Crippen LogP contribution >= 0.6 is 0 Å². The largest absolute Gasteiger partial charge is 0.481 e. The van der Waals surface area contributed by atoms with E-state index in [-0.39, 0.29) is 0 Å². The molecule has 0 radical (unpaired) electrons. The highest BCUT2D eigenvalue weighted by atomic mass is 16.5. The van der Waals surface area contributed by atoms with Gasteiger partial charge in [-0.2, -0.15) is 0 Å². The fraction of sp³-hybridized carbons (Fsp3) is 0.538. The molecule has 3 N–H and O–H groups in total. The van der Waals surface area contributed by atoms with E-state index in [1.165, 1.54) is 0 Å². The standard InChI is InChI=1S/C13H22N4O/c1-10(2)6-8-16-13(14)17-9-11-5-4-7-15-12(11)18-3/h4-5,7,10H,6,8-9H2,1-3H3,(H3,14,16,17). The molecule has 18 heavy (non-hydrogen) atoms. The van der Waals surface area contributed by atoms with E-state index in [2.05, 4.69) is 29.1 Å². The van der Waals surface area contributed by atoms with Gasteiger partial charge in [-0.15, -0.1) is 0 Å². The number of aromatic nitrogens is 1. The molecule has 100 valence electrons. The van der Waals surface area contributed by atoms with E-state index >= 15 is 0 Å². The lowest BCUT2D eigenvalue weighted by Gasteiger charge is -2.08. The maximum atomic E-state index is 5.78. The molecule has 0 aromatic carbocycles. The molecular formula is C13H22N4O. The first kappa shape index (κ1) is 14.3. The molecule has 0 saturated heterocycles. The van der Waals surface area contributed by atoms with Crippen molar-refractivity contribution in [2.24, 2.45) is 16.6 Å². The molecule has 1 rings (SSSR count). The number of guanidine groups is 1. The second-order valence-electron chi connectivity index (χ2n) is 4.48. The molecule has 1 aromatic rings. The first-order valence-electron chi connectivity index (χ1n) is 6.15. The van der Waals surface area contributed by atoms with Crippen molar-refractivity contribution in [2.45, 2.75) is 26.8 Å². The van der Waals surface area contributed by atoms with Crippen LogP contribution in [0.5, 0.6) is 5.88 Å². The van der Waals surface area contributed by atoms with Crippen molar-refractivity contribution in [1.29, 1.82) is 0 Å². The first-order chi connectivity index (χ1) is 8.63. The van der Waals surface area contributed by atoms with Crippen molar-refractivity contribution in [1.82, 2.24) is 10.3 Å². The van der Waals surface area contributed by atoms with Crippen molar-refractivity contribution in [2.75, 3.05) is 13.7 Å². The summed E-state index contributed by atoms with van der Waals surface area (Å²) in [5.74, 6) is 1.71. The predicted octanol–water partition coefficient (Wildman–Crippen LogP) is 1.54. The van der Waals surface area contributed by atoms with E-state index in [0.29, 0.717) is 24.3 Å². The van der Waals surface area contributed by atoms with Gasteiger partial charge in [0.15, 0.2) is 5.96 Å². The first-order valence-corrected chi connectivity index (χ1v) is 6.15. The van der Waals surface area contributed by atoms with Crippen LogP contribution in [0.4, 0.5) is 0 Å². The fourth-order valence-electron chi connectivity index (χ4n) is 1.44. The number of methoxy groups -OCH3 is 1. The van der Waals surface area contributed by atoms with Crippen molar-refractivity contribution in [3.05, 3.63) is 23.9 Å². The zero-order valence-electron chi connectivity index (χ0n) is 11.3. The molecule has 0 fully saturated rings. The molecule has 0 saturated carbocycles. The minimum atomic E-state index is 0.460. The molecule has 0 unspecified atom stereocenters. The van der Waals surface area contributed by atoms with Crippen LogP contribution in [0.3, 0.4) is 0 Å². The summed E-state index contributed by atoms with van der Waals surface area (Å²) in [6.45, 7) is 5.67. The smallest absolute Gasteiger partial charge is 0.218 e. The summed E-state index contributed by atoms with van der Waals surface area (Å²) in [7, 11) is 1.60. The zero-order valence-corrected chi connectivity index (χ0v) is 11.3. The third-order valence-corrected chi connectivity index (χ3v) is 2.49. The Kier molecular flexibility index (Phi) is 5.97. The molecule has 0 aliphatic heterocycles. The van der Waals surface area contributed by atoms with Gasteiger partial charge in [-0.3, -0.25) is 0 Å². The van der Waals surface area contributed by atoms with E-state index < -0.39 is 0 Å². The maximum Gasteiger partial charge on any atom is 0.218 e. The van der Waals surface area contributed by atoms with Gasteiger partial charge in [0.2, 0.25) is 5.88 Å². The molecule has 5 nitrogen and oxygen atoms in total. The normalized spacial score (nSPS) is 11.7. The third kappa shape index (κ3) is 5.03. The molecular weight excluding hydrogens is 228 g/mol. The van der Waals surface area contributed by atoms with Crippen molar-refractivity contribution < 1.29 is 4.74 Å². The number of hydrogen-bond donors (Lipinski definition) is 2. The number of aliphatic imine (C=N–C) groups is 1. The fourth-order valence-corrected chi connectivity index (χ4v) is 1.44. The highest BCUT2D eigenvalue weighted by Crippen LogP contribution is 2.14. The van der Waals surface area contributed by atoms with Crippen LogP contribution in [0.2, 0.25) is 0 Å². The van der Waals surface area contributed by atoms with Gasteiger partial charge in [0.05, 0.1) is 13.7 Å². The number of ether oxygens (including phenoxy) is 1. The Labute approximate surface area is 108 Å². The van der Waals surface area contributed by atoms with Crippen LogP contribution in [-0.4, -0.2) is 24.6 Å². The molecule has 0 amide bonds. The summed E-state index contributed by atoms with van der Waals surface area (Å²) < 4.78 is 5.15. The van der Waals surface area contributed by atoms with Crippen molar-refractivity contribution >= 4 is 5.96 Å². The van der Waals surface area contributed by atoms with Crippen LogP contribution in [0.1, 0.15) is 25.8 Å². The van der Waals surface area contributed by atoms with Crippen molar-refractivity contribution in [3.63, 3.8) is 0 Å². The molecule has 0 atom stereocenters. The van der Waals surface area contributed by atoms with Crippen LogP contribution < -0.4 is 15.8 Å². The quantitative estimate of drug-likeness (QED) is 0.593. The average molecular weight is 250 g/mol. The maximum absolute atomic E-state index is 5.78. The molecule has 1 aromatic heterocycles. The Hall–Kier alpha value is -1.78. The molecule has 0 aliphatic rings. The highest BCUT2D eigenvalue weighted by molar-refractivity contribution is 5.77. The van der Waals surface area contributed by atoms with Gasteiger partial charge in [-0.25, -0.2) is 9.98 Å². The van der Waals surface area contributed by atoms with Crippen LogP contribution in [0, 0.1) is 5.92 Å². The SMILES string of the molecule is COc1ncccc1CN=C(N)NCCC(C)C. The summed E-state index contributed by atoms with van der Waals surface area (Å²) in [4.78, 5) is 8.37. The number of nitrogens with zero attached hydrogens (tertiary/aromatic N) is 2. The average Bonchev–Trinajstić information content (AvgIpc) is 2.36. The number of pyridine rings is 1. The summed E-state index contributed by atoms with van der Waals surface area (Å²) >= 11 is 0. The van der Waals surface area contributed by atoms with Gasteiger partial charge in [0.1, 0.15) is 0 Å². The number of nitrogens with one attached hydrogen (secondary N) is 1. The topological polar surface area (TPSA) is 72.5 Å². The Bertz CT molecular complexity index is 390. The van der Waals surface area contributed by atoms with Gasteiger partial charge in [0.25, 0.3) is 0 Å². The van der Waals surface area contributed by atoms with Crippen LogP contribution in [-0.2, 0) is 6.54 Å². The van der Waals surface area contributed by atoms with Crippen LogP contribution in [0.15, 0.2) is 23.3 Å². The Morgan fingerprint density at radius 3 is 3.00 bits per heavy atom. The number of hydrogen-bond acceptors (Lipinski definition) is 3. The third-order valence-electron chi connectivity index (χ3n) is 2.49. The number of nitrogens with two attached hydrogens (primary N) is 1. The van der Waals surface area contributed by atoms with E-state index in [9.17, 15) is 0 Å². The summed E-state index contributed by atoms with van der Waals surface area (Å²) in [6.07, 6.45) is 2.77. The molecule has 0 aliphatic carbocycles. The van der Waals surface area contributed by atoms with Gasteiger partial charge in [-0.1, -0.05) is 19.9 Å². The summed E-state index contributed by atoms with van der Waals surface area (Å²) in [5.41, 5.74) is 6.70. The van der Waals surface area contributed by atoms with Gasteiger partial charge < -0.3 is 15.8 Å². The molecule has 5 heteroatoms. The molecule has 1 heterocycles. The minimum Gasteiger partial charge on any atom is -0.481 e. The zero-order chi connectivity index (χ0) is 13.4. The van der Waals surface area contributed by atoms with E-state index in [1.807, 2.05) is 12.1 Å². The number of rotatable bonds is 6. The molecule has 0 spiro atoms. The summed E-state index contributed by atoms with van der Waals surface area (Å²) in [6, 6.07) is 3.78. The second-order valence-corrected chi connectivity index (χ2v) is 4.48. The van der Waals surface area contributed by atoms with Gasteiger partial charge in [0, 0.05) is 18.3 Å². The predicted molar refractivity (Wildman–Crippen MR) is 73.6 cm³/mol. The Morgan fingerprint density at radius 1 is 1.56 bits per heavy atom. The van der Waals surface area contributed by atoms with Crippen molar-refractivity contribution in [3.8, 4) is 5.88 Å². The van der Waals surface area contributed by atoms with Gasteiger partial charge >= 0.3 is 0 Å². The van der Waals surface area contributed by atoms with E-state index in [0.717, 1.165) is 18.5 Å². The Morgan fingerprint density at radius 2 is 2.33 bits per heavy atom. The Balaban J connectivity index is 2.47.